The van der Waals surface area contributed by atoms with Crippen LogP contribution in [0.5, 0.6) is 0 Å². The second-order valence-electron chi connectivity index (χ2n) is 4.26. The molecule has 1 aromatic rings. The van der Waals surface area contributed by atoms with Crippen molar-refractivity contribution in [2.24, 2.45) is 0 Å². The molecular formula is C12H16N4O2. The van der Waals surface area contributed by atoms with Crippen molar-refractivity contribution in [2.75, 3.05) is 37.4 Å². The van der Waals surface area contributed by atoms with Crippen LogP contribution in [-0.4, -0.2) is 44.1 Å². The van der Waals surface area contributed by atoms with E-state index < -0.39 is 0 Å². The van der Waals surface area contributed by atoms with E-state index in [1.807, 2.05) is 12.1 Å². The molecule has 1 aliphatic rings. The number of nitrogens with one attached hydrogen (secondary N) is 2. The van der Waals surface area contributed by atoms with Gasteiger partial charge in [0.25, 0.3) is 0 Å². The number of nitrogens with zero attached hydrogens (tertiary/aromatic N) is 2. The molecule has 4 amide bonds. The minimum Gasteiger partial charge on any atom is -0.336 e. The van der Waals surface area contributed by atoms with Crippen LogP contribution in [0.1, 0.15) is 0 Å². The molecule has 1 aliphatic heterocycles. The van der Waals surface area contributed by atoms with E-state index in [1.165, 1.54) is 4.90 Å². The lowest BCUT2D eigenvalue weighted by atomic mass is 10.2. The Labute approximate surface area is 106 Å². The van der Waals surface area contributed by atoms with E-state index >= 15 is 0 Å². The van der Waals surface area contributed by atoms with Gasteiger partial charge in [-0.25, -0.2) is 9.59 Å². The Bertz CT molecular complexity index is 473. The first-order valence-electron chi connectivity index (χ1n) is 5.71. The lowest BCUT2D eigenvalue weighted by Crippen LogP contribution is -2.29. The molecule has 1 fully saturated rings. The highest BCUT2D eigenvalue weighted by atomic mass is 16.2. The molecule has 0 spiro atoms. The maximum atomic E-state index is 11.5. The third kappa shape index (κ3) is 2.53. The molecule has 0 unspecified atom stereocenters. The van der Waals surface area contributed by atoms with Crippen LogP contribution in [0, 0.1) is 0 Å². The molecule has 0 saturated carbocycles. The van der Waals surface area contributed by atoms with E-state index in [0.717, 1.165) is 5.69 Å². The summed E-state index contributed by atoms with van der Waals surface area (Å²) in [6.07, 6.45) is 0. The van der Waals surface area contributed by atoms with Crippen molar-refractivity contribution in [3.05, 3.63) is 24.3 Å². The SMILES string of the molecule is CN(C)C(=O)Nc1cccc(N2CCNC2=O)c1. The third-order valence-electron chi connectivity index (χ3n) is 2.67. The van der Waals surface area contributed by atoms with Gasteiger partial charge < -0.3 is 15.5 Å². The molecule has 2 rings (SSSR count). The minimum atomic E-state index is -0.196. The fourth-order valence-electron chi connectivity index (χ4n) is 1.70. The van der Waals surface area contributed by atoms with E-state index in [9.17, 15) is 9.59 Å². The van der Waals surface area contributed by atoms with Gasteiger partial charge in [0.1, 0.15) is 0 Å². The summed E-state index contributed by atoms with van der Waals surface area (Å²) in [5, 5.41) is 5.49. The van der Waals surface area contributed by atoms with E-state index in [4.69, 9.17) is 0 Å². The molecular weight excluding hydrogens is 232 g/mol. The monoisotopic (exact) mass is 248 g/mol. The molecule has 1 heterocycles. The molecule has 18 heavy (non-hydrogen) atoms. The van der Waals surface area contributed by atoms with Crippen molar-refractivity contribution in [3.8, 4) is 0 Å². The molecule has 6 nitrogen and oxygen atoms in total. The topological polar surface area (TPSA) is 64.7 Å². The normalized spacial score (nSPS) is 14.3. The first-order valence-corrected chi connectivity index (χ1v) is 5.71. The molecule has 0 radical (unpaired) electrons. The van der Waals surface area contributed by atoms with Crippen molar-refractivity contribution < 1.29 is 9.59 Å². The number of carbonyl (C=O) groups excluding carboxylic acids is 2. The fraction of sp³-hybridized carbons (Fsp3) is 0.333. The summed E-state index contributed by atoms with van der Waals surface area (Å²) in [6.45, 7) is 1.29. The number of hydrogen-bond acceptors (Lipinski definition) is 2. The minimum absolute atomic E-state index is 0.105. The van der Waals surface area contributed by atoms with E-state index in [1.54, 1.807) is 31.1 Å². The Kier molecular flexibility index (Phi) is 3.36. The Hall–Kier alpha value is -2.24. The summed E-state index contributed by atoms with van der Waals surface area (Å²) in [7, 11) is 3.35. The maximum absolute atomic E-state index is 11.5. The highest BCUT2D eigenvalue weighted by molar-refractivity contribution is 5.95. The van der Waals surface area contributed by atoms with E-state index in [-0.39, 0.29) is 12.1 Å². The van der Waals surface area contributed by atoms with Gasteiger partial charge in [0.15, 0.2) is 0 Å². The summed E-state index contributed by atoms with van der Waals surface area (Å²) in [4.78, 5) is 26.2. The number of hydrogen-bond donors (Lipinski definition) is 2. The average Bonchev–Trinajstić information content (AvgIpc) is 2.75. The van der Waals surface area contributed by atoms with Crippen LogP contribution in [0.4, 0.5) is 21.0 Å². The summed E-state index contributed by atoms with van der Waals surface area (Å²) in [5.74, 6) is 0. The zero-order chi connectivity index (χ0) is 13.1. The van der Waals surface area contributed by atoms with Crippen molar-refractivity contribution >= 4 is 23.4 Å². The van der Waals surface area contributed by atoms with Gasteiger partial charge >= 0.3 is 12.1 Å². The first-order chi connectivity index (χ1) is 8.58. The van der Waals surface area contributed by atoms with Gasteiger partial charge in [0.05, 0.1) is 0 Å². The van der Waals surface area contributed by atoms with Gasteiger partial charge in [-0.3, -0.25) is 4.90 Å². The Morgan fingerprint density at radius 1 is 1.44 bits per heavy atom. The van der Waals surface area contributed by atoms with Gasteiger partial charge in [-0.05, 0) is 18.2 Å². The highest BCUT2D eigenvalue weighted by Crippen LogP contribution is 2.21. The summed E-state index contributed by atoms with van der Waals surface area (Å²) in [6, 6.07) is 6.93. The predicted octanol–water partition coefficient (Wildman–Crippen LogP) is 1.31. The number of rotatable bonds is 2. The lowest BCUT2D eigenvalue weighted by Gasteiger charge is -2.16. The molecule has 6 heteroatoms. The maximum Gasteiger partial charge on any atom is 0.321 e. The van der Waals surface area contributed by atoms with Crippen LogP contribution in [0.2, 0.25) is 0 Å². The van der Waals surface area contributed by atoms with Crippen molar-refractivity contribution in [2.45, 2.75) is 0 Å². The van der Waals surface area contributed by atoms with Crippen molar-refractivity contribution in [3.63, 3.8) is 0 Å². The molecule has 1 saturated heterocycles. The molecule has 96 valence electrons. The van der Waals surface area contributed by atoms with Crippen molar-refractivity contribution in [1.29, 1.82) is 0 Å². The zero-order valence-electron chi connectivity index (χ0n) is 10.4. The van der Waals surface area contributed by atoms with Crippen molar-refractivity contribution in [1.82, 2.24) is 10.2 Å². The standard InChI is InChI=1S/C12H16N4O2/c1-15(2)12(18)14-9-4-3-5-10(8-9)16-7-6-13-11(16)17/h3-5,8H,6-7H2,1-2H3,(H,13,17)(H,14,18). The molecule has 0 aliphatic carbocycles. The van der Waals surface area contributed by atoms with Crippen LogP contribution in [-0.2, 0) is 0 Å². The van der Waals surface area contributed by atoms with E-state index in [2.05, 4.69) is 10.6 Å². The van der Waals surface area contributed by atoms with Gasteiger partial charge in [-0.1, -0.05) is 6.07 Å². The van der Waals surface area contributed by atoms with Crippen LogP contribution in [0.15, 0.2) is 24.3 Å². The second-order valence-corrected chi connectivity index (χ2v) is 4.26. The molecule has 0 aromatic heterocycles. The number of amides is 4. The van der Waals surface area contributed by atoms with Crippen LogP contribution in [0.3, 0.4) is 0 Å². The smallest absolute Gasteiger partial charge is 0.321 e. The Morgan fingerprint density at radius 2 is 2.22 bits per heavy atom. The molecule has 1 aromatic carbocycles. The number of urea groups is 2. The van der Waals surface area contributed by atoms with Crippen LogP contribution >= 0.6 is 0 Å². The van der Waals surface area contributed by atoms with Gasteiger partial charge in [-0.2, -0.15) is 0 Å². The number of benzene rings is 1. The van der Waals surface area contributed by atoms with Crippen LogP contribution in [0.25, 0.3) is 0 Å². The number of anilines is 2. The molecule has 0 bridgehead atoms. The first kappa shape index (κ1) is 12.2. The Balaban J connectivity index is 2.15. The van der Waals surface area contributed by atoms with Gasteiger partial charge in [0.2, 0.25) is 0 Å². The molecule has 2 N–H and O–H groups in total. The van der Waals surface area contributed by atoms with Gasteiger partial charge in [-0.15, -0.1) is 0 Å². The summed E-state index contributed by atoms with van der Waals surface area (Å²) in [5.41, 5.74) is 1.45. The second kappa shape index (κ2) is 4.95. The average molecular weight is 248 g/mol. The predicted molar refractivity (Wildman–Crippen MR) is 69.9 cm³/mol. The quantitative estimate of drug-likeness (QED) is 0.828. The zero-order valence-corrected chi connectivity index (χ0v) is 10.4. The largest absolute Gasteiger partial charge is 0.336 e. The van der Waals surface area contributed by atoms with Crippen LogP contribution < -0.4 is 15.5 Å². The Morgan fingerprint density at radius 3 is 2.83 bits per heavy atom. The third-order valence-corrected chi connectivity index (χ3v) is 2.67. The van der Waals surface area contributed by atoms with E-state index in [0.29, 0.717) is 18.8 Å². The molecule has 0 atom stereocenters. The summed E-state index contributed by atoms with van der Waals surface area (Å²) >= 11 is 0. The number of carbonyl (C=O) groups is 2. The van der Waals surface area contributed by atoms with Gasteiger partial charge in [0, 0.05) is 38.6 Å². The lowest BCUT2D eigenvalue weighted by molar-refractivity contribution is 0.230. The summed E-state index contributed by atoms with van der Waals surface area (Å²) < 4.78 is 0. The highest BCUT2D eigenvalue weighted by Gasteiger charge is 2.21. The fourth-order valence-corrected chi connectivity index (χ4v) is 1.70.